The monoisotopic (exact) mass is 680 g/mol. The second-order valence-corrected chi connectivity index (χ2v) is 12.8. The predicted octanol–water partition coefficient (Wildman–Crippen LogP) is 5.53. The fourth-order valence-electron chi connectivity index (χ4n) is 6.05. The normalized spacial score (nSPS) is 20.5. The topological polar surface area (TPSA) is 90.4 Å². The number of ether oxygens (including phenoxy) is 1. The zero-order valence-electron chi connectivity index (χ0n) is 24.6. The first kappa shape index (κ1) is 30.4. The van der Waals surface area contributed by atoms with Crippen molar-refractivity contribution in [2.45, 2.75) is 38.8 Å². The summed E-state index contributed by atoms with van der Waals surface area (Å²) in [5.41, 5.74) is 3.86. The Balaban J connectivity index is 1.28. The third-order valence-corrected chi connectivity index (χ3v) is 9.59. The third kappa shape index (κ3) is 6.15. The van der Waals surface area contributed by atoms with E-state index in [0.717, 1.165) is 18.5 Å². The molecular formula is C32H34BrFN6O3S. The number of nitrogens with zero attached hydrogens (tertiary/aromatic N) is 5. The number of hydrogen-bond donors (Lipinski definition) is 1. The highest BCUT2D eigenvalue weighted by Crippen LogP contribution is 2.37. The number of amidine groups is 1. The molecule has 3 aliphatic rings. The molecule has 2 amide bonds. The van der Waals surface area contributed by atoms with E-state index in [0.29, 0.717) is 64.9 Å². The first-order chi connectivity index (χ1) is 21.4. The van der Waals surface area contributed by atoms with E-state index in [1.165, 1.54) is 29.0 Å². The molecule has 2 fully saturated rings. The minimum absolute atomic E-state index is 0.0101. The number of nitrogens with one attached hydrogen (secondary N) is 1. The van der Waals surface area contributed by atoms with Crippen molar-refractivity contribution >= 4 is 50.8 Å². The average molecular weight is 682 g/mol. The van der Waals surface area contributed by atoms with Crippen molar-refractivity contribution < 1.29 is 18.7 Å². The number of fused-ring (bicyclic) bond motifs is 1. The Morgan fingerprint density at radius 1 is 1.16 bits per heavy atom. The number of carbonyl (C=O) groups excluding carboxylic acids is 2. The van der Waals surface area contributed by atoms with Gasteiger partial charge in [0.15, 0.2) is 10.8 Å². The van der Waals surface area contributed by atoms with E-state index in [4.69, 9.17) is 9.73 Å². The molecule has 0 unspecified atom stereocenters. The molecule has 9 nitrogen and oxygen atoms in total. The maximum absolute atomic E-state index is 14.1. The number of rotatable bonds is 9. The summed E-state index contributed by atoms with van der Waals surface area (Å²) in [5, 5.41) is 5.94. The highest BCUT2D eigenvalue weighted by Gasteiger charge is 2.42. The Morgan fingerprint density at radius 3 is 2.68 bits per heavy atom. The average Bonchev–Trinajstić information content (AvgIpc) is 3.66. The number of aliphatic imine (C=N–C) groups is 1. The van der Waals surface area contributed by atoms with Crippen LogP contribution in [0.3, 0.4) is 0 Å². The van der Waals surface area contributed by atoms with E-state index in [1.54, 1.807) is 19.2 Å². The molecule has 2 aromatic carbocycles. The van der Waals surface area contributed by atoms with E-state index in [2.05, 4.69) is 50.2 Å². The molecule has 0 saturated carbocycles. The van der Waals surface area contributed by atoms with Gasteiger partial charge in [-0.2, -0.15) is 0 Å². The number of benzene rings is 2. The third-order valence-electron chi connectivity index (χ3n) is 8.12. The molecule has 4 heterocycles. The zero-order chi connectivity index (χ0) is 30.8. The quantitative estimate of drug-likeness (QED) is 0.299. The molecule has 0 radical (unpaired) electrons. The molecule has 2 atom stereocenters. The summed E-state index contributed by atoms with van der Waals surface area (Å²) >= 11 is 4.93. The molecular weight excluding hydrogens is 647 g/mol. The van der Waals surface area contributed by atoms with Gasteiger partial charge < -0.3 is 15.0 Å². The number of thiazole rings is 1. The van der Waals surface area contributed by atoms with Crippen LogP contribution in [0.1, 0.15) is 42.4 Å². The van der Waals surface area contributed by atoms with E-state index in [1.807, 2.05) is 27.3 Å². The van der Waals surface area contributed by atoms with Gasteiger partial charge in [-0.15, -0.1) is 11.3 Å². The summed E-state index contributed by atoms with van der Waals surface area (Å²) in [6, 6.07) is 12.0. The van der Waals surface area contributed by atoms with Gasteiger partial charge in [-0.25, -0.2) is 19.0 Å². The highest BCUT2D eigenvalue weighted by molar-refractivity contribution is 9.10. The van der Waals surface area contributed by atoms with Crippen LogP contribution in [-0.2, 0) is 16.0 Å². The van der Waals surface area contributed by atoms with Crippen molar-refractivity contribution in [3.8, 4) is 0 Å². The van der Waals surface area contributed by atoms with Crippen LogP contribution in [0.15, 0.2) is 74.8 Å². The summed E-state index contributed by atoms with van der Waals surface area (Å²) in [6.45, 7) is 7.00. The van der Waals surface area contributed by atoms with E-state index in [-0.39, 0.29) is 18.7 Å². The molecule has 6 rings (SSSR count). The number of urea groups is 1. The van der Waals surface area contributed by atoms with Gasteiger partial charge in [0.1, 0.15) is 11.9 Å². The van der Waals surface area contributed by atoms with Crippen molar-refractivity contribution in [2.75, 3.05) is 44.2 Å². The number of carbonyl (C=O) groups is 2. The summed E-state index contributed by atoms with van der Waals surface area (Å²) in [5.74, 6) is -0.335. The van der Waals surface area contributed by atoms with Gasteiger partial charge in [0.25, 0.3) is 0 Å². The van der Waals surface area contributed by atoms with Crippen LogP contribution in [0.5, 0.6) is 0 Å². The SMILES string of the molecule is CCCc1ccc(N2C[C@@H]3CN(CC4=C(C(=O)OCC)[C@H](c5ccc(F)cc5Br)N=C(c5nccs5)N4)CCN3C2=O)cc1. The van der Waals surface area contributed by atoms with Crippen LogP contribution in [-0.4, -0.2) is 78.0 Å². The second kappa shape index (κ2) is 13.2. The van der Waals surface area contributed by atoms with Crippen molar-refractivity contribution in [3.05, 3.63) is 91.7 Å². The van der Waals surface area contributed by atoms with Crippen LogP contribution in [0.4, 0.5) is 14.9 Å². The van der Waals surface area contributed by atoms with Crippen LogP contribution in [0.2, 0.25) is 0 Å². The van der Waals surface area contributed by atoms with Crippen molar-refractivity contribution in [1.82, 2.24) is 20.1 Å². The highest BCUT2D eigenvalue weighted by atomic mass is 79.9. The zero-order valence-corrected chi connectivity index (χ0v) is 27.0. The van der Waals surface area contributed by atoms with Gasteiger partial charge in [0.05, 0.1) is 18.2 Å². The van der Waals surface area contributed by atoms with E-state index < -0.39 is 17.8 Å². The van der Waals surface area contributed by atoms with Crippen molar-refractivity contribution in [1.29, 1.82) is 0 Å². The lowest BCUT2D eigenvalue weighted by molar-refractivity contribution is -0.139. The van der Waals surface area contributed by atoms with Gasteiger partial charge in [-0.1, -0.05) is 47.5 Å². The molecule has 12 heteroatoms. The van der Waals surface area contributed by atoms with Gasteiger partial charge >= 0.3 is 12.0 Å². The Labute approximate surface area is 268 Å². The second-order valence-electron chi connectivity index (χ2n) is 11.0. The molecule has 2 saturated heterocycles. The summed E-state index contributed by atoms with van der Waals surface area (Å²) < 4.78 is 20.1. The first-order valence-electron chi connectivity index (χ1n) is 14.9. The van der Waals surface area contributed by atoms with Crippen LogP contribution < -0.4 is 10.2 Å². The summed E-state index contributed by atoms with van der Waals surface area (Å²) in [7, 11) is 0. The number of piperazine rings is 1. The number of aryl methyl sites for hydroxylation is 1. The van der Waals surface area contributed by atoms with Gasteiger partial charge in [0.2, 0.25) is 0 Å². The molecule has 0 bridgehead atoms. The largest absolute Gasteiger partial charge is 0.463 e. The predicted molar refractivity (Wildman–Crippen MR) is 172 cm³/mol. The van der Waals surface area contributed by atoms with E-state index >= 15 is 0 Å². The number of anilines is 1. The standard InChI is InChI=1S/C32H34BrFN6O3S/c1-3-5-20-6-9-22(10-7-20)40-18-23-17-38(13-14-39(23)32(40)42)19-26-27(31(41)43-4-2)28(24-11-8-21(34)16-25(24)33)37-29(36-26)30-35-12-15-44-30/h6-12,15-16,23,28H,3-5,13-14,17-19H2,1-2H3,(H,36,37)/t23-,28-/m0/s1. The smallest absolute Gasteiger partial charge is 0.338 e. The van der Waals surface area contributed by atoms with Crippen LogP contribution in [0.25, 0.3) is 0 Å². The van der Waals surface area contributed by atoms with E-state index in [9.17, 15) is 14.0 Å². The molecule has 1 N–H and O–H groups in total. The van der Waals surface area contributed by atoms with Crippen molar-refractivity contribution in [3.63, 3.8) is 0 Å². The fourth-order valence-corrected chi connectivity index (χ4v) is 7.21. The fraction of sp³-hybridized carbons (Fsp3) is 0.375. The molecule has 1 aromatic heterocycles. The molecule has 44 heavy (non-hydrogen) atoms. The number of aromatic nitrogens is 1. The van der Waals surface area contributed by atoms with Crippen LogP contribution in [0, 0.1) is 5.82 Å². The number of halogens is 2. The lowest BCUT2D eigenvalue weighted by atomic mass is 9.95. The maximum Gasteiger partial charge on any atom is 0.338 e. The molecule has 0 spiro atoms. The minimum Gasteiger partial charge on any atom is -0.463 e. The Bertz CT molecular complexity index is 1600. The Hall–Kier alpha value is -3.61. The molecule has 3 aromatic rings. The molecule has 230 valence electrons. The van der Waals surface area contributed by atoms with Gasteiger partial charge in [-0.05, 0) is 48.7 Å². The number of hydrogen-bond acceptors (Lipinski definition) is 8. The number of amides is 2. The maximum atomic E-state index is 14.1. The molecule has 3 aliphatic heterocycles. The lowest BCUT2D eigenvalue weighted by Crippen LogP contribution is -2.53. The first-order valence-corrected chi connectivity index (χ1v) is 16.5. The Morgan fingerprint density at radius 2 is 1.98 bits per heavy atom. The lowest BCUT2D eigenvalue weighted by Gasteiger charge is -2.38. The summed E-state index contributed by atoms with van der Waals surface area (Å²) in [4.78, 5) is 42.3. The van der Waals surface area contributed by atoms with Crippen LogP contribution >= 0.6 is 27.3 Å². The van der Waals surface area contributed by atoms with Gasteiger partial charge in [-0.3, -0.25) is 14.8 Å². The Kier molecular flexibility index (Phi) is 9.11. The summed E-state index contributed by atoms with van der Waals surface area (Å²) in [6.07, 6.45) is 3.80. The molecule has 0 aliphatic carbocycles. The van der Waals surface area contributed by atoms with Crippen molar-refractivity contribution in [2.24, 2.45) is 4.99 Å². The van der Waals surface area contributed by atoms with Gasteiger partial charge in [0, 0.05) is 60.2 Å². The number of esters is 1. The minimum atomic E-state index is -0.736.